The SMILES string of the molecule is [C-]#[N+]c1ccc2c(c1)c1ccccc1n2-c1cc(C#N)c(-n2c3ccccc3c3cc(C#N)ccc32)cc1-c1ccc(C(F)(F)F)cc1C(F)(F)F. The number of rotatable bonds is 3. The predicted octanol–water partition coefficient (Wildman–Crippen LogP) is 11.9. The summed E-state index contributed by atoms with van der Waals surface area (Å²) in [6.45, 7) is 7.55. The summed E-state index contributed by atoms with van der Waals surface area (Å²) in [5, 5.41) is 23.0. The maximum atomic E-state index is 14.9. The Hall–Kier alpha value is -7.03. The van der Waals surface area contributed by atoms with Gasteiger partial charge in [-0.2, -0.15) is 36.9 Å². The minimum Gasteiger partial charge on any atom is -0.309 e. The first kappa shape index (κ1) is 32.2. The lowest BCUT2D eigenvalue weighted by Gasteiger charge is -2.22. The molecule has 0 radical (unpaired) electrons. The maximum Gasteiger partial charge on any atom is 0.417 e. The van der Waals surface area contributed by atoms with Crippen molar-refractivity contribution in [1.29, 1.82) is 10.5 Å². The van der Waals surface area contributed by atoms with E-state index in [1.807, 2.05) is 6.07 Å². The molecule has 0 unspecified atom stereocenters. The molecule has 0 saturated heterocycles. The summed E-state index contributed by atoms with van der Waals surface area (Å²) in [6.07, 6.45) is -10.2. The summed E-state index contributed by atoms with van der Waals surface area (Å²) in [6, 6.07) is 32.8. The number of halogens is 6. The Labute approximate surface area is 290 Å². The van der Waals surface area contributed by atoms with Crippen LogP contribution in [0.1, 0.15) is 22.3 Å². The molecule has 0 aliphatic rings. The fourth-order valence-electron chi connectivity index (χ4n) is 7.03. The molecule has 0 amide bonds. The van der Waals surface area contributed by atoms with E-state index in [-0.39, 0.29) is 28.6 Å². The van der Waals surface area contributed by atoms with E-state index < -0.39 is 29.0 Å². The third-order valence-electron chi connectivity index (χ3n) is 9.25. The number of alkyl halides is 6. The molecule has 11 heteroatoms. The second-order valence-corrected chi connectivity index (χ2v) is 12.1. The van der Waals surface area contributed by atoms with Crippen molar-refractivity contribution in [2.75, 3.05) is 0 Å². The summed E-state index contributed by atoms with van der Waals surface area (Å²) < 4.78 is 89.6. The van der Waals surface area contributed by atoms with E-state index in [1.165, 1.54) is 12.1 Å². The van der Waals surface area contributed by atoms with Crippen LogP contribution in [0.2, 0.25) is 0 Å². The van der Waals surface area contributed by atoms with Gasteiger partial charge in [0, 0.05) is 21.7 Å². The van der Waals surface area contributed by atoms with Crippen molar-refractivity contribution >= 4 is 49.3 Å². The average Bonchev–Trinajstić information content (AvgIpc) is 3.65. The lowest BCUT2D eigenvalue weighted by Crippen LogP contribution is -2.13. The van der Waals surface area contributed by atoms with E-state index in [4.69, 9.17) is 6.57 Å². The van der Waals surface area contributed by atoms with Gasteiger partial charge in [-0.05, 0) is 77.7 Å². The van der Waals surface area contributed by atoms with Gasteiger partial charge in [-0.25, -0.2) is 4.85 Å². The summed E-state index contributed by atoms with van der Waals surface area (Å²) in [4.78, 5) is 3.53. The van der Waals surface area contributed by atoms with E-state index in [2.05, 4.69) is 17.0 Å². The van der Waals surface area contributed by atoms with Crippen LogP contribution in [0.4, 0.5) is 32.0 Å². The first-order valence-corrected chi connectivity index (χ1v) is 15.6. The van der Waals surface area contributed by atoms with Gasteiger partial charge in [0.15, 0.2) is 5.69 Å². The molecule has 0 fully saturated rings. The minimum atomic E-state index is -5.20. The number of hydrogen-bond donors (Lipinski definition) is 0. The summed E-state index contributed by atoms with van der Waals surface area (Å²) >= 11 is 0. The molecule has 8 aromatic rings. The Morgan fingerprint density at radius 2 is 1.13 bits per heavy atom. The van der Waals surface area contributed by atoms with Gasteiger partial charge in [0.25, 0.3) is 0 Å². The second kappa shape index (κ2) is 11.5. The molecule has 0 saturated carbocycles. The molecule has 2 aromatic heterocycles. The Kier molecular flexibility index (Phi) is 7.13. The lowest BCUT2D eigenvalue weighted by atomic mass is 9.93. The number of nitrogens with zero attached hydrogens (tertiary/aromatic N) is 5. The van der Waals surface area contributed by atoms with Gasteiger partial charge < -0.3 is 9.13 Å². The van der Waals surface area contributed by atoms with Crippen molar-refractivity contribution in [2.24, 2.45) is 0 Å². The van der Waals surface area contributed by atoms with Crippen LogP contribution in [0.25, 0.3) is 71.0 Å². The van der Waals surface area contributed by atoms with Crippen LogP contribution in [0, 0.1) is 29.2 Å². The quantitative estimate of drug-likeness (QED) is 0.136. The fourth-order valence-corrected chi connectivity index (χ4v) is 7.03. The molecule has 5 nitrogen and oxygen atoms in total. The molecule has 250 valence electrons. The zero-order chi connectivity index (χ0) is 36.5. The molecule has 0 atom stereocenters. The highest BCUT2D eigenvalue weighted by atomic mass is 19.4. The molecule has 0 N–H and O–H groups in total. The lowest BCUT2D eigenvalue weighted by molar-refractivity contribution is -0.142. The van der Waals surface area contributed by atoms with Crippen LogP contribution >= 0.6 is 0 Å². The highest BCUT2D eigenvalue weighted by Gasteiger charge is 2.39. The Morgan fingerprint density at radius 3 is 1.73 bits per heavy atom. The molecule has 0 aliphatic heterocycles. The molecule has 0 aliphatic carbocycles. The molecule has 0 spiro atoms. The predicted molar refractivity (Wildman–Crippen MR) is 186 cm³/mol. The van der Waals surface area contributed by atoms with Crippen LogP contribution in [0.15, 0.2) is 115 Å². The standard InChI is InChI=1S/C41H19F6N5/c1-50-26-12-15-37-31(19-26)29-7-3-5-9-35(29)52(37)39-17-24(22-49)38(20-32(39)27-13-11-25(40(42,43)44)18-33(27)41(45,46)47)51-34-8-4-2-6-28(34)30-16-23(21-48)10-14-36(30)51/h2-20H. The number of para-hydroxylation sites is 2. The van der Waals surface area contributed by atoms with Gasteiger partial charge in [-0.1, -0.05) is 48.5 Å². The third kappa shape index (κ3) is 4.93. The fraction of sp³-hybridized carbons (Fsp3) is 0.0488. The van der Waals surface area contributed by atoms with Crippen molar-refractivity contribution in [3.63, 3.8) is 0 Å². The van der Waals surface area contributed by atoms with E-state index in [1.54, 1.807) is 88.0 Å². The normalized spacial score (nSPS) is 12.0. The van der Waals surface area contributed by atoms with E-state index in [9.17, 15) is 36.9 Å². The number of nitriles is 2. The highest BCUT2D eigenvalue weighted by molar-refractivity contribution is 6.12. The van der Waals surface area contributed by atoms with E-state index in [0.717, 1.165) is 6.07 Å². The summed E-state index contributed by atoms with van der Waals surface area (Å²) in [7, 11) is 0. The largest absolute Gasteiger partial charge is 0.417 e. The molecular formula is C41H19F6N5. The van der Waals surface area contributed by atoms with Gasteiger partial charge in [-0.15, -0.1) is 0 Å². The van der Waals surface area contributed by atoms with E-state index >= 15 is 0 Å². The van der Waals surface area contributed by atoms with Gasteiger partial charge >= 0.3 is 12.4 Å². The summed E-state index contributed by atoms with van der Waals surface area (Å²) in [5.41, 5.74) is -0.325. The molecule has 6 aromatic carbocycles. The first-order chi connectivity index (χ1) is 24.9. The smallest absolute Gasteiger partial charge is 0.309 e. The molecule has 52 heavy (non-hydrogen) atoms. The maximum absolute atomic E-state index is 14.9. The molecule has 2 heterocycles. The third-order valence-corrected chi connectivity index (χ3v) is 9.25. The Morgan fingerprint density at radius 1 is 0.538 bits per heavy atom. The van der Waals surface area contributed by atoms with Crippen molar-refractivity contribution in [2.45, 2.75) is 12.4 Å². The summed E-state index contributed by atoms with van der Waals surface area (Å²) in [5.74, 6) is 0. The van der Waals surface area contributed by atoms with Gasteiger partial charge in [0.05, 0.1) is 68.3 Å². The first-order valence-electron chi connectivity index (χ1n) is 15.6. The van der Waals surface area contributed by atoms with Crippen LogP contribution in [-0.4, -0.2) is 9.13 Å². The van der Waals surface area contributed by atoms with Crippen LogP contribution in [0.3, 0.4) is 0 Å². The molecule has 0 bridgehead atoms. The number of fused-ring (bicyclic) bond motifs is 6. The molecular weight excluding hydrogens is 676 g/mol. The van der Waals surface area contributed by atoms with Gasteiger partial charge in [0.1, 0.15) is 6.07 Å². The van der Waals surface area contributed by atoms with Gasteiger partial charge in [-0.3, -0.25) is 0 Å². The van der Waals surface area contributed by atoms with Gasteiger partial charge in [0.2, 0.25) is 0 Å². The monoisotopic (exact) mass is 695 g/mol. The number of aromatic nitrogens is 2. The van der Waals surface area contributed by atoms with Crippen molar-refractivity contribution in [3.05, 3.63) is 149 Å². The highest BCUT2D eigenvalue weighted by Crippen LogP contribution is 2.46. The van der Waals surface area contributed by atoms with E-state index in [0.29, 0.717) is 60.9 Å². The second-order valence-electron chi connectivity index (χ2n) is 12.1. The van der Waals surface area contributed by atoms with Crippen molar-refractivity contribution in [3.8, 4) is 34.6 Å². The molecule has 8 rings (SSSR count). The van der Waals surface area contributed by atoms with Crippen LogP contribution in [0.5, 0.6) is 0 Å². The number of hydrogen-bond acceptors (Lipinski definition) is 2. The number of benzene rings is 6. The zero-order valence-corrected chi connectivity index (χ0v) is 26.5. The Balaban J connectivity index is 1.56. The average molecular weight is 696 g/mol. The minimum absolute atomic E-state index is 0.0648. The van der Waals surface area contributed by atoms with Crippen LogP contribution in [-0.2, 0) is 12.4 Å². The van der Waals surface area contributed by atoms with Crippen molar-refractivity contribution in [1.82, 2.24) is 9.13 Å². The topological polar surface area (TPSA) is 61.8 Å². The Bertz CT molecular complexity index is 2930. The van der Waals surface area contributed by atoms with Crippen LogP contribution < -0.4 is 0 Å². The zero-order valence-electron chi connectivity index (χ0n) is 26.5. The van der Waals surface area contributed by atoms with Crippen molar-refractivity contribution < 1.29 is 26.3 Å².